The quantitative estimate of drug-likeness (QED) is 0.113. The molecule has 16 nitrogen and oxygen atoms in total. The lowest BCUT2D eigenvalue weighted by atomic mass is 9.96. The van der Waals surface area contributed by atoms with Gasteiger partial charge in [0, 0.05) is 6.42 Å². The third-order valence-corrected chi connectivity index (χ3v) is 5.13. The summed E-state index contributed by atoms with van der Waals surface area (Å²) in [6.07, 6.45) is -8.20. The number of hydrogen-bond donors (Lipinski definition) is 9. The lowest BCUT2D eigenvalue weighted by molar-refractivity contribution is -0.266. The van der Waals surface area contributed by atoms with Crippen LogP contribution in [-0.2, 0) is 33.4 Å². The Hall–Kier alpha value is -2.89. The highest BCUT2D eigenvalue weighted by Gasteiger charge is 2.47. The molecule has 4 unspecified atom stereocenters. The molecular weight excluding hydrogens is 476 g/mol. The molecule has 0 aromatic heterocycles. The fourth-order valence-corrected chi connectivity index (χ4v) is 3.18. The average Bonchev–Trinajstić information content (AvgIpc) is 2.79. The number of amides is 4. The fraction of sp³-hybridized carbons (Fsp3) is 0.737. The van der Waals surface area contributed by atoms with Gasteiger partial charge in [-0.1, -0.05) is 0 Å². The number of carboxylic acids is 1. The fourth-order valence-electron chi connectivity index (χ4n) is 3.18. The standard InChI is InChI=1S/C19H32N4O12/c1-7(17(31)22-9(16(20)30)3-4-12(27)28)21-18(32)8(2)34-15-13(23-11(26)6-25)19(33)35-10(5-24)14(15)29/h7-10,13-15,19,24-25,29,33H,3-6H2,1-2H3,(H2,20,30)(H,21,32)(H,22,31)(H,23,26)(H,27,28)/t7-,8-,9?,10?,13?,14-,15?,19+/m1/s1. The maximum Gasteiger partial charge on any atom is 0.303 e. The SMILES string of the molecule is C[C@@H](NC(=O)[C@@H](C)OC1C(NC(=O)CO)[C@@H](O)OC(CO)[C@H]1O)C(=O)NC(CCC(=O)O)C(N)=O. The predicted molar refractivity (Wildman–Crippen MR) is 113 cm³/mol. The number of carbonyl (C=O) groups excluding carboxylic acids is 4. The Morgan fingerprint density at radius 2 is 1.69 bits per heavy atom. The molecule has 8 atom stereocenters. The molecule has 10 N–H and O–H groups in total. The second kappa shape index (κ2) is 13.9. The van der Waals surface area contributed by atoms with Crippen molar-refractivity contribution in [2.75, 3.05) is 13.2 Å². The molecule has 1 aliphatic rings. The normalized spacial score (nSPS) is 26.6. The third kappa shape index (κ3) is 9.00. The molecule has 0 saturated carbocycles. The maximum absolute atomic E-state index is 12.6. The van der Waals surface area contributed by atoms with Crippen LogP contribution in [0.2, 0.25) is 0 Å². The second-order valence-electron chi connectivity index (χ2n) is 7.86. The minimum atomic E-state index is -1.76. The summed E-state index contributed by atoms with van der Waals surface area (Å²) in [5, 5.41) is 54.3. The van der Waals surface area contributed by atoms with Gasteiger partial charge in [-0.05, 0) is 20.3 Å². The largest absolute Gasteiger partial charge is 0.481 e. The number of carbonyl (C=O) groups is 5. The zero-order chi connectivity index (χ0) is 26.9. The van der Waals surface area contributed by atoms with Crippen molar-refractivity contribution in [1.82, 2.24) is 16.0 Å². The number of aliphatic carboxylic acids is 1. The van der Waals surface area contributed by atoms with Crippen molar-refractivity contribution in [1.29, 1.82) is 0 Å². The van der Waals surface area contributed by atoms with E-state index in [2.05, 4.69) is 16.0 Å². The summed E-state index contributed by atoms with van der Waals surface area (Å²) in [5.74, 6) is -4.80. The lowest BCUT2D eigenvalue weighted by Crippen LogP contribution is -2.66. The first-order chi connectivity index (χ1) is 16.3. The molecule has 1 fully saturated rings. The lowest BCUT2D eigenvalue weighted by Gasteiger charge is -2.43. The Kier molecular flexibility index (Phi) is 11.9. The van der Waals surface area contributed by atoms with Crippen LogP contribution in [-0.4, -0.2) is 117 Å². The summed E-state index contributed by atoms with van der Waals surface area (Å²) >= 11 is 0. The van der Waals surface area contributed by atoms with Crippen LogP contribution in [0.1, 0.15) is 26.7 Å². The summed E-state index contributed by atoms with van der Waals surface area (Å²) in [5.41, 5.74) is 5.16. The zero-order valence-corrected chi connectivity index (χ0v) is 19.1. The number of aliphatic hydroxyl groups excluding tert-OH is 4. The van der Waals surface area contributed by atoms with Gasteiger partial charge < -0.3 is 56.7 Å². The molecule has 0 aromatic carbocycles. The van der Waals surface area contributed by atoms with E-state index in [1.807, 2.05) is 0 Å². The predicted octanol–water partition coefficient (Wildman–Crippen LogP) is -5.35. The van der Waals surface area contributed by atoms with Gasteiger partial charge in [-0.3, -0.25) is 24.0 Å². The van der Waals surface area contributed by atoms with Crippen LogP contribution in [0.5, 0.6) is 0 Å². The summed E-state index contributed by atoms with van der Waals surface area (Å²) in [6.45, 7) is 0.844. The highest BCUT2D eigenvalue weighted by Crippen LogP contribution is 2.23. The zero-order valence-electron chi connectivity index (χ0n) is 19.1. The van der Waals surface area contributed by atoms with Crippen LogP contribution in [0, 0.1) is 0 Å². The van der Waals surface area contributed by atoms with Crippen LogP contribution in [0.15, 0.2) is 0 Å². The number of aliphatic hydroxyl groups is 4. The van der Waals surface area contributed by atoms with Crippen LogP contribution < -0.4 is 21.7 Å². The highest BCUT2D eigenvalue weighted by atomic mass is 16.6. The second-order valence-corrected chi connectivity index (χ2v) is 7.86. The summed E-state index contributed by atoms with van der Waals surface area (Å²) in [7, 11) is 0. The smallest absolute Gasteiger partial charge is 0.303 e. The Bertz CT molecular complexity index is 781. The van der Waals surface area contributed by atoms with Crippen molar-refractivity contribution in [2.24, 2.45) is 5.73 Å². The molecule has 1 heterocycles. The van der Waals surface area contributed by atoms with Crippen LogP contribution >= 0.6 is 0 Å². The van der Waals surface area contributed by atoms with E-state index in [9.17, 15) is 39.3 Å². The first kappa shape index (κ1) is 30.1. The van der Waals surface area contributed by atoms with Gasteiger partial charge in [0.2, 0.25) is 23.6 Å². The monoisotopic (exact) mass is 508 g/mol. The van der Waals surface area contributed by atoms with E-state index in [0.29, 0.717) is 0 Å². The minimum Gasteiger partial charge on any atom is -0.481 e. The van der Waals surface area contributed by atoms with Crippen LogP contribution in [0.4, 0.5) is 0 Å². The van der Waals surface area contributed by atoms with Gasteiger partial charge in [-0.15, -0.1) is 0 Å². The van der Waals surface area contributed by atoms with Gasteiger partial charge in [-0.25, -0.2) is 0 Å². The van der Waals surface area contributed by atoms with Gasteiger partial charge >= 0.3 is 5.97 Å². The Labute approximate surface area is 199 Å². The van der Waals surface area contributed by atoms with E-state index in [0.717, 1.165) is 0 Å². The van der Waals surface area contributed by atoms with E-state index < -0.39 is 98.1 Å². The number of nitrogens with one attached hydrogen (secondary N) is 3. The van der Waals surface area contributed by atoms with Crippen LogP contribution in [0.3, 0.4) is 0 Å². The topological polar surface area (TPSA) is 267 Å². The molecule has 1 saturated heterocycles. The Morgan fingerprint density at radius 1 is 1.06 bits per heavy atom. The van der Waals surface area contributed by atoms with Gasteiger partial charge in [0.15, 0.2) is 6.29 Å². The number of carboxylic acid groups (broad SMARTS) is 1. The third-order valence-electron chi connectivity index (χ3n) is 5.13. The van der Waals surface area contributed by atoms with E-state index in [4.69, 9.17) is 25.4 Å². The first-order valence-corrected chi connectivity index (χ1v) is 10.6. The van der Waals surface area contributed by atoms with Crippen molar-refractivity contribution >= 4 is 29.6 Å². The molecular formula is C19H32N4O12. The van der Waals surface area contributed by atoms with Gasteiger partial charge in [-0.2, -0.15) is 0 Å². The molecule has 0 aromatic rings. The molecule has 16 heteroatoms. The van der Waals surface area contributed by atoms with Gasteiger partial charge in [0.25, 0.3) is 0 Å². The van der Waals surface area contributed by atoms with Gasteiger partial charge in [0.1, 0.15) is 49.1 Å². The number of nitrogens with two attached hydrogens (primary N) is 1. The number of hydrogen-bond acceptors (Lipinski definition) is 11. The molecule has 0 radical (unpaired) electrons. The molecule has 0 bridgehead atoms. The number of ether oxygens (including phenoxy) is 2. The van der Waals surface area contributed by atoms with Crippen molar-refractivity contribution in [3.63, 3.8) is 0 Å². The highest BCUT2D eigenvalue weighted by molar-refractivity contribution is 5.92. The van der Waals surface area contributed by atoms with E-state index in [1.165, 1.54) is 13.8 Å². The molecule has 0 spiro atoms. The van der Waals surface area contributed by atoms with Crippen molar-refractivity contribution < 1.29 is 59.0 Å². The average molecular weight is 508 g/mol. The summed E-state index contributed by atoms with van der Waals surface area (Å²) < 4.78 is 10.5. The van der Waals surface area contributed by atoms with Crippen LogP contribution in [0.25, 0.3) is 0 Å². The van der Waals surface area contributed by atoms with E-state index in [1.54, 1.807) is 0 Å². The van der Waals surface area contributed by atoms with E-state index in [-0.39, 0.29) is 6.42 Å². The number of rotatable bonds is 13. The molecule has 35 heavy (non-hydrogen) atoms. The van der Waals surface area contributed by atoms with Gasteiger partial charge in [0.05, 0.1) is 6.61 Å². The molecule has 1 aliphatic heterocycles. The molecule has 4 amide bonds. The minimum absolute atomic E-state index is 0.256. The van der Waals surface area contributed by atoms with Crippen molar-refractivity contribution in [3.05, 3.63) is 0 Å². The Balaban J connectivity index is 2.83. The Morgan fingerprint density at radius 3 is 2.20 bits per heavy atom. The van der Waals surface area contributed by atoms with Crippen molar-refractivity contribution in [3.8, 4) is 0 Å². The summed E-state index contributed by atoms with van der Waals surface area (Å²) in [6, 6.07) is -3.92. The maximum atomic E-state index is 12.6. The molecule has 1 rings (SSSR count). The van der Waals surface area contributed by atoms with E-state index >= 15 is 0 Å². The van der Waals surface area contributed by atoms with Crippen molar-refractivity contribution in [2.45, 2.75) is 75.5 Å². The molecule has 0 aliphatic carbocycles. The first-order valence-electron chi connectivity index (χ1n) is 10.6. The number of primary amides is 1. The summed E-state index contributed by atoms with van der Waals surface area (Å²) in [4.78, 5) is 58.6. The molecule has 200 valence electrons.